The van der Waals surface area contributed by atoms with Crippen molar-refractivity contribution in [3.63, 3.8) is 0 Å². The molecule has 3 amide bonds. The Kier molecular flexibility index (Phi) is 8.58. The molecular formula is C29H35N5O4. The van der Waals surface area contributed by atoms with E-state index in [0.717, 1.165) is 43.3 Å². The van der Waals surface area contributed by atoms with E-state index in [2.05, 4.69) is 31.8 Å². The number of amides is 3. The van der Waals surface area contributed by atoms with Gasteiger partial charge in [-0.05, 0) is 56.3 Å². The van der Waals surface area contributed by atoms with Gasteiger partial charge in [-0.1, -0.05) is 24.3 Å². The van der Waals surface area contributed by atoms with Crippen molar-refractivity contribution in [2.24, 2.45) is 0 Å². The van der Waals surface area contributed by atoms with Crippen LogP contribution in [-0.4, -0.2) is 58.4 Å². The van der Waals surface area contributed by atoms with Crippen molar-refractivity contribution in [1.29, 1.82) is 0 Å². The quantitative estimate of drug-likeness (QED) is 0.397. The summed E-state index contributed by atoms with van der Waals surface area (Å²) in [4.78, 5) is 30.4. The minimum Gasteiger partial charge on any atom is -0.495 e. The molecule has 0 bridgehead atoms. The van der Waals surface area contributed by atoms with E-state index in [-0.39, 0.29) is 11.9 Å². The van der Waals surface area contributed by atoms with Crippen LogP contribution in [0.3, 0.4) is 0 Å². The molecule has 0 aliphatic carbocycles. The number of para-hydroxylation sites is 4. The number of benzene rings is 3. The first-order valence-corrected chi connectivity index (χ1v) is 12.7. The maximum atomic E-state index is 13.2. The highest BCUT2D eigenvalue weighted by Gasteiger charge is 2.24. The molecule has 0 aromatic heterocycles. The van der Waals surface area contributed by atoms with Crippen molar-refractivity contribution in [2.75, 3.05) is 60.8 Å². The molecular weight excluding hydrogens is 482 g/mol. The zero-order valence-corrected chi connectivity index (χ0v) is 22.3. The fraction of sp³-hybridized carbons (Fsp3) is 0.310. The first kappa shape index (κ1) is 26.7. The number of rotatable bonds is 8. The number of carbonyl (C=O) groups is 2. The molecule has 0 saturated carbocycles. The Hall–Kier alpha value is -4.40. The van der Waals surface area contributed by atoms with Crippen molar-refractivity contribution in [3.8, 4) is 11.5 Å². The van der Waals surface area contributed by atoms with Crippen LogP contribution in [0.15, 0.2) is 66.7 Å². The smallest absolute Gasteiger partial charge is 0.323 e. The van der Waals surface area contributed by atoms with Gasteiger partial charge in [0.1, 0.15) is 11.5 Å². The molecule has 9 nitrogen and oxygen atoms in total. The first-order chi connectivity index (χ1) is 18.4. The number of urea groups is 1. The molecule has 3 aromatic rings. The Bertz CT molecular complexity index is 1270. The number of hydrogen-bond donors (Lipinski definition) is 3. The zero-order chi connectivity index (χ0) is 27.1. The number of anilines is 4. The lowest BCUT2D eigenvalue weighted by molar-refractivity contribution is 0.0943. The lowest BCUT2D eigenvalue weighted by atomic mass is 10.1. The molecule has 0 spiro atoms. The van der Waals surface area contributed by atoms with Gasteiger partial charge in [0.25, 0.3) is 5.91 Å². The molecule has 1 aliphatic heterocycles. The number of ether oxygens (including phenoxy) is 2. The third-order valence-corrected chi connectivity index (χ3v) is 6.32. The zero-order valence-electron chi connectivity index (χ0n) is 22.3. The van der Waals surface area contributed by atoms with E-state index in [4.69, 9.17) is 9.47 Å². The van der Waals surface area contributed by atoms with Crippen LogP contribution in [0.25, 0.3) is 0 Å². The van der Waals surface area contributed by atoms with Crippen LogP contribution in [0.4, 0.5) is 27.5 Å². The number of methoxy groups -OCH3 is 2. The topological polar surface area (TPSA) is 95.2 Å². The van der Waals surface area contributed by atoms with Crippen molar-refractivity contribution < 1.29 is 19.1 Å². The summed E-state index contributed by atoms with van der Waals surface area (Å²) in [7, 11) is 3.23. The monoisotopic (exact) mass is 517 g/mol. The minimum atomic E-state index is -0.428. The second-order valence-corrected chi connectivity index (χ2v) is 9.29. The van der Waals surface area contributed by atoms with E-state index < -0.39 is 6.03 Å². The summed E-state index contributed by atoms with van der Waals surface area (Å²) in [5.41, 5.74) is 3.48. The Labute approximate surface area is 223 Å². The highest BCUT2D eigenvalue weighted by molar-refractivity contribution is 6.04. The van der Waals surface area contributed by atoms with E-state index in [9.17, 15) is 9.59 Å². The molecule has 200 valence electrons. The van der Waals surface area contributed by atoms with Gasteiger partial charge in [0.2, 0.25) is 0 Å². The number of carbonyl (C=O) groups excluding carboxylic acids is 2. The Morgan fingerprint density at radius 3 is 2.03 bits per heavy atom. The van der Waals surface area contributed by atoms with E-state index in [1.807, 2.05) is 56.3 Å². The predicted molar refractivity (Wildman–Crippen MR) is 152 cm³/mol. The molecule has 1 saturated heterocycles. The summed E-state index contributed by atoms with van der Waals surface area (Å²) in [5, 5.41) is 8.62. The summed E-state index contributed by atoms with van der Waals surface area (Å²) in [5.74, 6) is 1.22. The normalized spacial score (nSPS) is 13.2. The third kappa shape index (κ3) is 6.29. The molecule has 1 fully saturated rings. The highest BCUT2D eigenvalue weighted by atomic mass is 16.5. The van der Waals surface area contributed by atoms with E-state index in [1.165, 1.54) is 0 Å². The Balaban J connectivity index is 1.51. The third-order valence-electron chi connectivity index (χ3n) is 6.32. The molecule has 1 heterocycles. The van der Waals surface area contributed by atoms with Crippen LogP contribution in [0.1, 0.15) is 24.2 Å². The second kappa shape index (κ2) is 12.2. The van der Waals surface area contributed by atoms with E-state index in [0.29, 0.717) is 22.7 Å². The molecule has 1 aliphatic rings. The fourth-order valence-electron chi connectivity index (χ4n) is 4.52. The van der Waals surface area contributed by atoms with Gasteiger partial charge >= 0.3 is 6.03 Å². The molecule has 9 heteroatoms. The molecule has 0 unspecified atom stereocenters. The lowest BCUT2D eigenvalue weighted by Crippen LogP contribution is -2.47. The van der Waals surface area contributed by atoms with Crippen LogP contribution in [-0.2, 0) is 0 Å². The van der Waals surface area contributed by atoms with Gasteiger partial charge in [-0.3, -0.25) is 4.79 Å². The van der Waals surface area contributed by atoms with Crippen molar-refractivity contribution in [2.45, 2.75) is 19.9 Å². The van der Waals surface area contributed by atoms with Gasteiger partial charge in [0.05, 0.1) is 31.2 Å². The van der Waals surface area contributed by atoms with Gasteiger partial charge in [0, 0.05) is 43.6 Å². The summed E-state index contributed by atoms with van der Waals surface area (Å²) in [6, 6.07) is 20.2. The van der Waals surface area contributed by atoms with Gasteiger partial charge in [-0.15, -0.1) is 0 Å². The summed E-state index contributed by atoms with van der Waals surface area (Å²) in [6.45, 7) is 6.89. The summed E-state index contributed by atoms with van der Waals surface area (Å²) >= 11 is 0. The molecule has 3 aromatic carbocycles. The molecule has 4 rings (SSSR count). The van der Waals surface area contributed by atoms with Gasteiger partial charge in [-0.25, -0.2) is 4.79 Å². The van der Waals surface area contributed by atoms with Crippen LogP contribution in [0.5, 0.6) is 11.5 Å². The molecule has 38 heavy (non-hydrogen) atoms. The fourth-order valence-corrected chi connectivity index (χ4v) is 4.52. The van der Waals surface area contributed by atoms with Gasteiger partial charge in [-0.2, -0.15) is 0 Å². The van der Waals surface area contributed by atoms with Gasteiger partial charge < -0.3 is 35.2 Å². The van der Waals surface area contributed by atoms with Crippen molar-refractivity contribution in [1.82, 2.24) is 5.32 Å². The maximum Gasteiger partial charge on any atom is 0.323 e. The second-order valence-electron chi connectivity index (χ2n) is 9.29. The minimum absolute atomic E-state index is 0.0248. The summed E-state index contributed by atoms with van der Waals surface area (Å²) < 4.78 is 10.8. The number of nitrogens with zero attached hydrogens (tertiary/aromatic N) is 2. The molecule has 3 N–H and O–H groups in total. The maximum absolute atomic E-state index is 13.2. The molecule has 0 radical (unpaired) electrons. The first-order valence-electron chi connectivity index (χ1n) is 12.7. The van der Waals surface area contributed by atoms with Crippen LogP contribution >= 0.6 is 0 Å². The van der Waals surface area contributed by atoms with Crippen molar-refractivity contribution in [3.05, 3.63) is 72.3 Å². The summed E-state index contributed by atoms with van der Waals surface area (Å²) in [6.07, 6.45) is 0. The number of piperazine rings is 1. The average molecular weight is 518 g/mol. The largest absolute Gasteiger partial charge is 0.495 e. The average Bonchev–Trinajstić information content (AvgIpc) is 2.93. The molecule has 0 atom stereocenters. The Morgan fingerprint density at radius 1 is 0.763 bits per heavy atom. The van der Waals surface area contributed by atoms with E-state index in [1.54, 1.807) is 32.4 Å². The highest BCUT2D eigenvalue weighted by Crippen LogP contribution is 2.31. The van der Waals surface area contributed by atoms with Crippen molar-refractivity contribution >= 4 is 34.7 Å². The van der Waals surface area contributed by atoms with Crippen LogP contribution in [0.2, 0.25) is 0 Å². The van der Waals surface area contributed by atoms with E-state index >= 15 is 0 Å². The van der Waals surface area contributed by atoms with Crippen LogP contribution in [0, 0.1) is 0 Å². The predicted octanol–water partition coefficient (Wildman–Crippen LogP) is 4.81. The SMILES string of the molecule is COc1ccccc1NC(=O)Nc1ccc(N2CCN(c3ccccc3OC)CC2)c(C(=O)NC(C)C)c1. The standard InChI is InChI=1S/C29H35N5O4/c1-20(2)30-28(35)22-19-21(31-29(36)32-23-9-5-7-11-26(23)37-3)13-14-24(22)33-15-17-34(18-16-33)25-10-6-8-12-27(25)38-4/h5-14,19-20H,15-18H2,1-4H3,(H,30,35)(H2,31,32,36). The number of nitrogens with one attached hydrogen (secondary N) is 3. The van der Waals surface area contributed by atoms with Crippen LogP contribution < -0.4 is 35.2 Å². The number of hydrogen-bond acceptors (Lipinski definition) is 6. The Morgan fingerprint density at radius 2 is 1.37 bits per heavy atom. The lowest BCUT2D eigenvalue weighted by Gasteiger charge is -2.38. The van der Waals surface area contributed by atoms with Gasteiger partial charge in [0.15, 0.2) is 0 Å².